The van der Waals surface area contributed by atoms with Gasteiger partial charge in [0.15, 0.2) is 0 Å². The predicted molar refractivity (Wildman–Crippen MR) is 84.8 cm³/mol. The van der Waals surface area contributed by atoms with Crippen molar-refractivity contribution in [3.05, 3.63) is 35.4 Å². The Morgan fingerprint density at radius 1 is 1.32 bits per heavy atom. The maximum absolute atomic E-state index is 12.2. The Balaban J connectivity index is 2.04. The Bertz CT molecular complexity index is 557. The summed E-state index contributed by atoms with van der Waals surface area (Å²) in [6.07, 6.45) is 0.856. The van der Waals surface area contributed by atoms with E-state index in [9.17, 15) is 9.59 Å². The quantitative estimate of drug-likeness (QED) is 0.878. The maximum Gasteiger partial charge on any atom is 0.317 e. The van der Waals surface area contributed by atoms with Gasteiger partial charge in [-0.25, -0.2) is 4.79 Å². The third kappa shape index (κ3) is 3.59. The van der Waals surface area contributed by atoms with Crippen molar-refractivity contribution < 1.29 is 14.7 Å². The first-order valence-corrected chi connectivity index (χ1v) is 7.72. The Morgan fingerprint density at radius 2 is 1.95 bits per heavy atom. The van der Waals surface area contributed by atoms with Crippen LogP contribution >= 0.6 is 0 Å². The zero-order chi connectivity index (χ0) is 16.3. The van der Waals surface area contributed by atoms with Crippen LogP contribution < -0.4 is 5.32 Å². The molecule has 1 aromatic carbocycles. The number of urea groups is 1. The van der Waals surface area contributed by atoms with Crippen molar-refractivity contribution in [3.8, 4) is 0 Å². The van der Waals surface area contributed by atoms with Crippen LogP contribution in [0.4, 0.5) is 4.79 Å². The lowest BCUT2D eigenvalue weighted by molar-refractivity contribution is -0.137. The monoisotopic (exact) mass is 304 g/mol. The first kappa shape index (κ1) is 16.3. The molecule has 5 heteroatoms. The number of amides is 2. The summed E-state index contributed by atoms with van der Waals surface area (Å²) < 4.78 is 0. The van der Waals surface area contributed by atoms with Crippen LogP contribution in [0.15, 0.2) is 24.3 Å². The number of hydrogen-bond donors (Lipinski definition) is 2. The lowest BCUT2D eigenvalue weighted by atomic mass is 9.90. The number of carboxylic acid groups (broad SMARTS) is 1. The number of nitrogens with zero attached hydrogens (tertiary/aromatic N) is 1. The number of carbonyl (C=O) groups is 2. The fourth-order valence-corrected chi connectivity index (χ4v) is 3.07. The Labute approximate surface area is 131 Å². The minimum absolute atomic E-state index is 0.00313. The average Bonchev–Trinajstić information content (AvgIpc) is 2.84. The lowest BCUT2D eigenvalue weighted by Crippen LogP contribution is -2.39. The van der Waals surface area contributed by atoms with E-state index in [1.54, 1.807) is 7.05 Å². The van der Waals surface area contributed by atoms with Crippen molar-refractivity contribution in [3.63, 3.8) is 0 Å². The van der Waals surface area contributed by atoms with Gasteiger partial charge in [-0.3, -0.25) is 4.79 Å². The van der Waals surface area contributed by atoms with Crippen LogP contribution in [0.1, 0.15) is 49.8 Å². The van der Waals surface area contributed by atoms with E-state index in [-0.39, 0.29) is 25.0 Å². The molecule has 0 saturated carbocycles. The molecule has 1 aliphatic carbocycles. The molecule has 2 amide bonds. The van der Waals surface area contributed by atoms with E-state index >= 15 is 0 Å². The zero-order valence-corrected chi connectivity index (χ0v) is 13.4. The fraction of sp³-hybridized carbons (Fsp3) is 0.529. The van der Waals surface area contributed by atoms with Gasteiger partial charge in [-0.2, -0.15) is 0 Å². The Kier molecular flexibility index (Phi) is 5.06. The number of rotatable bonds is 5. The molecule has 0 unspecified atom stereocenters. The highest BCUT2D eigenvalue weighted by Gasteiger charge is 2.33. The number of carbonyl (C=O) groups excluding carboxylic acids is 1. The highest BCUT2D eigenvalue weighted by molar-refractivity contribution is 5.75. The second-order valence-electron chi connectivity index (χ2n) is 6.28. The van der Waals surface area contributed by atoms with Gasteiger partial charge < -0.3 is 15.3 Å². The average molecular weight is 304 g/mol. The van der Waals surface area contributed by atoms with Crippen molar-refractivity contribution >= 4 is 12.0 Å². The second-order valence-corrected chi connectivity index (χ2v) is 6.28. The summed E-state index contributed by atoms with van der Waals surface area (Å²) in [5, 5.41) is 11.7. The predicted octanol–water partition coefficient (Wildman–Crippen LogP) is 2.99. The van der Waals surface area contributed by atoms with Crippen LogP contribution in [0.2, 0.25) is 0 Å². The molecule has 1 aliphatic rings. The van der Waals surface area contributed by atoms with Gasteiger partial charge in [-0.15, -0.1) is 0 Å². The van der Waals surface area contributed by atoms with Gasteiger partial charge in [-0.1, -0.05) is 38.1 Å². The molecule has 2 atom stereocenters. The van der Waals surface area contributed by atoms with Crippen molar-refractivity contribution in [1.82, 2.24) is 10.2 Å². The number of benzene rings is 1. The van der Waals surface area contributed by atoms with Gasteiger partial charge in [-0.05, 0) is 29.4 Å². The van der Waals surface area contributed by atoms with E-state index in [4.69, 9.17) is 5.11 Å². The van der Waals surface area contributed by atoms with Crippen LogP contribution in [0.5, 0.6) is 0 Å². The van der Waals surface area contributed by atoms with E-state index in [1.165, 1.54) is 16.0 Å². The molecule has 0 aromatic heterocycles. The molecular formula is C17H24N2O3. The SMILES string of the molecule is CC(C)[C@H]1C[C@@H](NC(=O)N(C)CCC(=O)O)c2ccccc21. The molecule has 0 radical (unpaired) electrons. The van der Waals surface area contributed by atoms with Gasteiger partial charge >= 0.3 is 12.0 Å². The van der Waals surface area contributed by atoms with Crippen LogP contribution in [0.25, 0.3) is 0 Å². The molecular weight excluding hydrogens is 280 g/mol. The van der Waals surface area contributed by atoms with Gasteiger partial charge in [0.1, 0.15) is 0 Å². The Hall–Kier alpha value is -2.04. The number of hydrogen-bond acceptors (Lipinski definition) is 2. The number of fused-ring (bicyclic) bond motifs is 1. The minimum atomic E-state index is -0.897. The summed E-state index contributed by atoms with van der Waals surface area (Å²) in [6, 6.07) is 8.03. The van der Waals surface area contributed by atoms with Crippen LogP contribution in [0, 0.1) is 5.92 Å². The maximum atomic E-state index is 12.2. The van der Waals surface area contributed by atoms with Gasteiger partial charge in [0.05, 0.1) is 12.5 Å². The summed E-state index contributed by atoms with van der Waals surface area (Å²) in [5.74, 6) is 0.0735. The first-order valence-electron chi connectivity index (χ1n) is 7.72. The third-order valence-electron chi connectivity index (χ3n) is 4.37. The molecule has 0 fully saturated rings. The summed E-state index contributed by atoms with van der Waals surface area (Å²) in [4.78, 5) is 24.2. The highest BCUT2D eigenvalue weighted by atomic mass is 16.4. The van der Waals surface area contributed by atoms with Gasteiger partial charge in [0, 0.05) is 13.6 Å². The van der Waals surface area contributed by atoms with Gasteiger partial charge in [0.25, 0.3) is 0 Å². The second kappa shape index (κ2) is 6.81. The van der Waals surface area contributed by atoms with Crippen molar-refractivity contribution in [2.24, 2.45) is 5.92 Å². The lowest BCUT2D eigenvalue weighted by Gasteiger charge is -2.21. The molecule has 0 bridgehead atoms. The Morgan fingerprint density at radius 3 is 2.55 bits per heavy atom. The summed E-state index contributed by atoms with van der Waals surface area (Å²) in [5.41, 5.74) is 2.50. The van der Waals surface area contributed by atoms with Crippen LogP contribution in [-0.4, -0.2) is 35.6 Å². The summed E-state index contributed by atoms with van der Waals surface area (Å²) in [7, 11) is 1.62. The van der Waals surface area contributed by atoms with E-state index in [2.05, 4.69) is 31.3 Å². The molecule has 0 aliphatic heterocycles. The molecule has 1 aromatic rings. The molecule has 5 nitrogen and oxygen atoms in total. The van der Waals surface area contributed by atoms with Crippen LogP contribution in [-0.2, 0) is 4.79 Å². The molecule has 0 heterocycles. The molecule has 0 saturated heterocycles. The first-order chi connectivity index (χ1) is 10.4. The normalized spacial score (nSPS) is 19.8. The largest absolute Gasteiger partial charge is 0.481 e. The third-order valence-corrected chi connectivity index (χ3v) is 4.37. The zero-order valence-electron chi connectivity index (χ0n) is 13.4. The van der Waals surface area contributed by atoms with Gasteiger partial charge in [0.2, 0.25) is 0 Å². The number of carboxylic acids is 1. The van der Waals surface area contributed by atoms with E-state index < -0.39 is 5.97 Å². The minimum Gasteiger partial charge on any atom is -0.481 e. The fourth-order valence-electron chi connectivity index (χ4n) is 3.07. The van der Waals surface area contributed by atoms with Crippen molar-refractivity contribution in [2.75, 3.05) is 13.6 Å². The molecule has 2 rings (SSSR count). The number of aliphatic carboxylic acids is 1. The topological polar surface area (TPSA) is 69.6 Å². The van der Waals surface area contributed by atoms with Crippen molar-refractivity contribution in [2.45, 2.75) is 38.6 Å². The smallest absolute Gasteiger partial charge is 0.317 e. The summed E-state index contributed by atoms with van der Waals surface area (Å²) in [6.45, 7) is 4.61. The van der Waals surface area contributed by atoms with Crippen molar-refractivity contribution in [1.29, 1.82) is 0 Å². The summed E-state index contributed by atoms with van der Waals surface area (Å²) >= 11 is 0. The molecule has 120 valence electrons. The van der Waals surface area contributed by atoms with E-state index in [0.717, 1.165) is 6.42 Å². The molecule has 0 spiro atoms. The molecule has 2 N–H and O–H groups in total. The van der Waals surface area contributed by atoms with E-state index in [1.807, 2.05) is 12.1 Å². The van der Waals surface area contributed by atoms with Crippen LogP contribution in [0.3, 0.4) is 0 Å². The standard InChI is InChI=1S/C17H24N2O3/c1-11(2)14-10-15(13-7-5-4-6-12(13)14)18-17(22)19(3)9-8-16(20)21/h4-7,11,14-15H,8-10H2,1-3H3,(H,18,22)(H,20,21)/t14-,15-/m1/s1. The molecule has 22 heavy (non-hydrogen) atoms. The van der Waals surface area contributed by atoms with E-state index in [0.29, 0.717) is 11.8 Å². The number of nitrogens with one attached hydrogen (secondary N) is 1. The highest BCUT2D eigenvalue weighted by Crippen LogP contribution is 2.43.